The van der Waals surface area contributed by atoms with Crippen molar-refractivity contribution < 1.29 is 4.39 Å². The molecule has 1 aromatic heterocycles. The Labute approximate surface area is 116 Å². The number of anilines is 1. The summed E-state index contributed by atoms with van der Waals surface area (Å²) in [6, 6.07) is 14.5. The van der Waals surface area contributed by atoms with Crippen LogP contribution in [0.15, 0.2) is 48.5 Å². The maximum Gasteiger partial charge on any atom is 0.153 e. The molecule has 0 radical (unpaired) electrons. The molecule has 0 aliphatic rings. The highest BCUT2D eigenvalue weighted by Gasteiger charge is 2.16. The van der Waals surface area contributed by atoms with E-state index in [1.807, 2.05) is 31.2 Å². The number of hydrogen-bond donors (Lipinski definition) is 2. The second kappa shape index (κ2) is 4.81. The first-order chi connectivity index (χ1) is 9.66. The molecule has 0 amide bonds. The molecule has 0 unspecified atom stereocenters. The van der Waals surface area contributed by atoms with Gasteiger partial charge in [-0.3, -0.25) is 5.10 Å². The first-order valence-corrected chi connectivity index (χ1v) is 6.32. The van der Waals surface area contributed by atoms with Crippen molar-refractivity contribution in [2.75, 3.05) is 5.73 Å². The number of hydrogen-bond acceptors (Lipinski definition) is 2. The van der Waals surface area contributed by atoms with Gasteiger partial charge in [0, 0.05) is 5.56 Å². The van der Waals surface area contributed by atoms with Gasteiger partial charge in [-0.1, -0.05) is 42.0 Å². The van der Waals surface area contributed by atoms with Crippen LogP contribution in [0.4, 0.5) is 10.2 Å². The number of rotatable bonds is 2. The molecule has 3 aromatic rings. The van der Waals surface area contributed by atoms with Crippen LogP contribution in [0.5, 0.6) is 0 Å². The summed E-state index contributed by atoms with van der Waals surface area (Å²) in [5.41, 5.74) is 9.80. The predicted octanol–water partition coefficient (Wildman–Crippen LogP) is 3.77. The molecule has 1 heterocycles. The van der Waals surface area contributed by atoms with Crippen LogP contribution in [0.2, 0.25) is 0 Å². The van der Waals surface area contributed by atoms with Gasteiger partial charge in [0.05, 0.1) is 11.3 Å². The van der Waals surface area contributed by atoms with Gasteiger partial charge in [0.2, 0.25) is 0 Å². The van der Waals surface area contributed by atoms with Gasteiger partial charge >= 0.3 is 0 Å². The number of nitrogens with two attached hydrogens (primary N) is 1. The topological polar surface area (TPSA) is 54.7 Å². The molecule has 0 spiro atoms. The lowest BCUT2D eigenvalue weighted by Crippen LogP contribution is -1.90. The first-order valence-electron chi connectivity index (χ1n) is 6.32. The second-order valence-electron chi connectivity index (χ2n) is 4.70. The molecule has 0 bridgehead atoms. The Kier molecular flexibility index (Phi) is 2.99. The molecule has 20 heavy (non-hydrogen) atoms. The van der Waals surface area contributed by atoms with Crippen molar-refractivity contribution in [1.82, 2.24) is 10.2 Å². The zero-order valence-corrected chi connectivity index (χ0v) is 11.0. The Morgan fingerprint density at radius 1 is 1.05 bits per heavy atom. The van der Waals surface area contributed by atoms with Crippen LogP contribution >= 0.6 is 0 Å². The number of benzene rings is 2. The van der Waals surface area contributed by atoms with Gasteiger partial charge in [-0.05, 0) is 24.6 Å². The van der Waals surface area contributed by atoms with Crippen LogP contribution in [0.25, 0.3) is 22.4 Å². The second-order valence-corrected chi connectivity index (χ2v) is 4.70. The van der Waals surface area contributed by atoms with E-state index in [1.54, 1.807) is 18.2 Å². The number of aryl methyl sites for hydroxylation is 1. The van der Waals surface area contributed by atoms with Crippen molar-refractivity contribution in [2.24, 2.45) is 0 Å². The van der Waals surface area contributed by atoms with Crippen LogP contribution in [-0.4, -0.2) is 10.2 Å². The maximum absolute atomic E-state index is 14.0. The summed E-state index contributed by atoms with van der Waals surface area (Å²) >= 11 is 0. The number of aromatic nitrogens is 2. The lowest BCUT2D eigenvalue weighted by molar-refractivity contribution is 0.630. The summed E-state index contributed by atoms with van der Waals surface area (Å²) in [6.45, 7) is 2.01. The zero-order valence-electron chi connectivity index (χ0n) is 11.0. The van der Waals surface area contributed by atoms with Gasteiger partial charge in [-0.25, -0.2) is 4.39 Å². The number of nitrogens with one attached hydrogen (secondary N) is 1. The first kappa shape index (κ1) is 12.4. The number of halogens is 1. The zero-order chi connectivity index (χ0) is 14.1. The third kappa shape index (κ3) is 2.05. The Morgan fingerprint density at radius 2 is 1.75 bits per heavy atom. The monoisotopic (exact) mass is 267 g/mol. The summed E-state index contributed by atoms with van der Waals surface area (Å²) in [5, 5.41) is 6.85. The number of aromatic amines is 1. The fourth-order valence-electron chi connectivity index (χ4n) is 2.23. The molecule has 2 aromatic carbocycles. The van der Waals surface area contributed by atoms with E-state index in [9.17, 15) is 4.39 Å². The van der Waals surface area contributed by atoms with E-state index in [2.05, 4.69) is 10.2 Å². The van der Waals surface area contributed by atoms with Crippen molar-refractivity contribution in [3.8, 4) is 22.4 Å². The highest BCUT2D eigenvalue weighted by molar-refractivity contribution is 5.87. The Balaban J connectivity index is 2.20. The highest BCUT2D eigenvalue weighted by Crippen LogP contribution is 2.35. The lowest BCUT2D eigenvalue weighted by atomic mass is 10.00. The van der Waals surface area contributed by atoms with Crippen LogP contribution in [0.1, 0.15) is 5.56 Å². The molecule has 100 valence electrons. The lowest BCUT2D eigenvalue weighted by Gasteiger charge is -2.06. The van der Waals surface area contributed by atoms with E-state index in [1.165, 1.54) is 6.07 Å². The fourth-order valence-corrected chi connectivity index (χ4v) is 2.23. The van der Waals surface area contributed by atoms with Gasteiger partial charge in [0.25, 0.3) is 0 Å². The van der Waals surface area contributed by atoms with Crippen molar-refractivity contribution in [3.63, 3.8) is 0 Å². The van der Waals surface area contributed by atoms with Gasteiger partial charge in [-0.2, -0.15) is 5.10 Å². The number of nitrogens with zero attached hydrogens (tertiary/aromatic N) is 1. The van der Waals surface area contributed by atoms with Crippen LogP contribution in [-0.2, 0) is 0 Å². The molecule has 4 heteroatoms. The maximum atomic E-state index is 14.0. The minimum Gasteiger partial charge on any atom is -0.382 e. The van der Waals surface area contributed by atoms with E-state index in [0.717, 1.165) is 16.7 Å². The Morgan fingerprint density at radius 3 is 2.45 bits per heavy atom. The molecule has 0 saturated heterocycles. The van der Waals surface area contributed by atoms with Gasteiger partial charge in [0.1, 0.15) is 5.82 Å². The summed E-state index contributed by atoms with van der Waals surface area (Å²) < 4.78 is 14.0. The van der Waals surface area contributed by atoms with Crippen molar-refractivity contribution in [1.29, 1.82) is 0 Å². The molecule has 0 fully saturated rings. The molecule has 0 aliphatic heterocycles. The third-order valence-corrected chi connectivity index (χ3v) is 3.28. The fraction of sp³-hybridized carbons (Fsp3) is 0.0625. The van der Waals surface area contributed by atoms with E-state index < -0.39 is 0 Å². The summed E-state index contributed by atoms with van der Waals surface area (Å²) in [4.78, 5) is 0. The largest absolute Gasteiger partial charge is 0.382 e. The van der Waals surface area contributed by atoms with Crippen LogP contribution in [0.3, 0.4) is 0 Å². The summed E-state index contributed by atoms with van der Waals surface area (Å²) in [6.07, 6.45) is 0. The Bertz CT molecular complexity index is 745. The minimum atomic E-state index is -0.301. The number of nitrogen functional groups attached to an aromatic ring is 1. The van der Waals surface area contributed by atoms with Crippen LogP contribution in [0, 0.1) is 12.7 Å². The van der Waals surface area contributed by atoms with E-state index >= 15 is 0 Å². The average Bonchev–Trinajstić information content (AvgIpc) is 2.82. The molecule has 3 nitrogen and oxygen atoms in total. The standard InChI is InChI=1S/C16H14FN3/c1-10-6-8-11(9-7-10)14-15(19-20-16(14)18)12-4-2-3-5-13(12)17/h2-9H,1H3,(H3,18,19,20). The molecule has 0 atom stereocenters. The van der Waals surface area contributed by atoms with Crippen molar-refractivity contribution in [2.45, 2.75) is 6.92 Å². The Hall–Kier alpha value is -2.62. The van der Waals surface area contributed by atoms with E-state index in [-0.39, 0.29) is 5.82 Å². The third-order valence-electron chi connectivity index (χ3n) is 3.28. The van der Waals surface area contributed by atoms with Crippen LogP contribution < -0.4 is 5.73 Å². The van der Waals surface area contributed by atoms with E-state index in [0.29, 0.717) is 17.1 Å². The molecule has 0 aliphatic carbocycles. The average molecular weight is 267 g/mol. The van der Waals surface area contributed by atoms with E-state index in [4.69, 9.17) is 5.73 Å². The van der Waals surface area contributed by atoms with Crippen molar-refractivity contribution >= 4 is 5.82 Å². The summed E-state index contributed by atoms with van der Waals surface area (Å²) in [7, 11) is 0. The SMILES string of the molecule is Cc1ccc(-c2c(N)n[nH]c2-c2ccccc2F)cc1. The number of H-pyrrole nitrogens is 1. The molecular formula is C16H14FN3. The molecule has 3 rings (SSSR count). The van der Waals surface area contributed by atoms with Crippen molar-refractivity contribution in [3.05, 3.63) is 59.9 Å². The van der Waals surface area contributed by atoms with Gasteiger partial charge < -0.3 is 5.73 Å². The molecular weight excluding hydrogens is 253 g/mol. The van der Waals surface area contributed by atoms with Gasteiger partial charge in [-0.15, -0.1) is 0 Å². The van der Waals surface area contributed by atoms with Gasteiger partial charge in [0.15, 0.2) is 5.82 Å². The minimum absolute atomic E-state index is 0.301. The quantitative estimate of drug-likeness (QED) is 0.742. The summed E-state index contributed by atoms with van der Waals surface area (Å²) in [5.74, 6) is 0.0663. The highest BCUT2D eigenvalue weighted by atomic mass is 19.1. The smallest absolute Gasteiger partial charge is 0.153 e. The molecule has 0 saturated carbocycles. The molecule has 3 N–H and O–H groups in total. The predicted molar refractivity (Wildman–Crippen MR) is 78.6 cm³/mol. The normalized spacial score (nSPS) is 10.7.